The Bertz CT molecular complexity index is 790. The second-order valence-corrected chi connectivity index (χ2v) is 6.79. The van der Waals surface area contributed by atoms with Gasteiger partial charge < -0.3 is 15.0 Å². The molecule has 1 aromatic carbocycles. The number of thiophene rings is 1. The number of nitrogens with one attached hydrogen (secondary N) is 1. The molecule has 0 aliphatic carbocycles. The van der Waals surface area contributed by atoms with Gasteiger partial charge in [0.25, 0.3) is 11.8 Å². The Morgan fingerprint density at radius 1 is 1.24 bits per heavy atom. The molecule has 1 atom stereocenters. The number of carbonyl (C=O) groups excluding carboxylic acids is 3. The van der Waals surface area contributed by atoms with Crippen molar-refractivity contribution in [3.63, 3.8) is 0 Å². The first kappa shape index (κ1) is 19.0. The number of benzene rings is 1. The smallest absolute Gasteiger partial charge is 0.341 e. The molecule has 25 heavy (non-hydrogen) atoms. The molecule has 0 bridgehead atoms. The Morgan fingerprint density at radius 2 is 1.96 bits per heavy atom. The molecule has 1 N–H and O–H groups in total. The molecule has 0 unspecified atom stereocenters. The predicted molar refractivity (Wildman–Crippen MR) is 97.3 cm³/mol. The SMILES string of the molecule is C[C@@H](OC(=O)c1ccc(Cl)cc1NC(=O)c1cccs1)C(=O)N(C)C. The van der Waals surface area contributed by atoms with Crippen LogP contribution in [0.5, 0.6) is 0 Å². The number of rotatable bonds is 5. The van der Waals surface area contributed by atoms with Crippen LogP contribution in [-0.2, 0) is 9.53 Å². The fraction of sp³-hybridized carbons (Fsp3) is 0.235. The summed E-state index contributed by atoms with van der Waals surface area (Å²) in [6.07, 6.45) is -0.945. The Hall–Kier alpha value is -2.38. The van der Waals surface area contributed by atoms with E-state index in [4.69, 9.17) is 16.3 Å². The highest BCUT2D eigenvalue weighted by molar-refractivity contribution is 7.12. The van der Waals surface area contributed by atoms with Crippen molar-refractivity contribution in [2.45, 2.75) is 13.0 Å². The molecule has 0 radical (unpaired) electrons. The number of nitrogens with zero attached hydrogens (tertiary/aromatic N) is 1. The molecule has 1 heterocycles. The third-order valence-electron chi connectivity index (χ3n) is 3.27. The maximum Gasteiger partial charge on any atom is 0.341 e. The van der Waals surface area contributed by atoms with Gasteiger partial charge in [-0.1, -0.05) is 17.7 Å². The Morgan fingerprint density at radius 3 is 2.56 bits per heavy atom. The molecule has 2 rings (SSSR count). The lowest BCUT2D eigenvalue weighted by atomic mass is 10.1. The van der Waals surface area contributed by atoms with Crippen LogP contribution in [0.4, 0.5) is 5.69 Å². The highest BCUT2D eigenvalue weighted by Crippen LogP contribution is 2.24. The van der Waals surface area contributed by atoms with Gasteiger partial charge in [-0.3, -0.25) is 9.59 Å². The number of hydrogen-bond acceptors (Lipinski definition) is 5. The van der Waals surface area contributed by atoms with Crippen LogP contribution >= 0.6 is 22.9 Å². The van der Waals surface area contributed by atoms with E-state index < -0.39 is 12.1 Å². The Kier molecular flexibility index (Phi) is 6.17. The van der Waals surface area contributed by atoms with Gasteiger partial charge in [0.05, 0.1) is 16.1 Å². The van der Waals surface area contributed by atoms with Crippen molar-refractivity contribution in [3.8, 4) is 0 Å². The number of likely N-dealkylation sites (N-methyl/N-ethyl adjacent to an activating group) is 1. The summed E-state index contributed by atoms with van der Waals surface area (Å²) in [5.74, 6) is -1.42. The van der Waals surface area contributed by atoms with Gasteiger partial charge in [-0.25, -0.2) is 4.79 Å². The molecule has 0 aliphatic heterocycles. The second-order valence-electron chi connectivity index (χ2n) is 5.40. The maximum absolute atomic E-state index is 12.4. The standard InChI is InChI=1S/C17H17ClN2O4S/c1-10(16(22)20(2)3)24-17(23)12-7-6-11(18)9-13(12)19-15(21)14-5-4-8-25-14/h4-10H,1-3H3,(H,19,21)/t10-/m1/s1. The van der Waals surface area contributed by atoms with Crippen molar-refractivity contribution in [1.82, 2.24) is 4.90 Å². The molecule has 0 spiro atoms. The molecule has 8 heteroatoms. The van der Waals surface area contributed by atoms with E-state index in [2.05, 4.69) is 5.32 Å². The fourth-order valence-corrected chi connectivity index (χ4v) is 2.82. The van der Waals surface area contributed by atoms with Crippen LogP contribution in [0.1, 0.15) is 27.0 Å². The fourth-order valence-electron chi connectivity index (χ4n) is 2.03. The van der Waals surface area contributed by atoms with Crippen molar-refractivity contribution >= 4 is 46.4 Å². The summed E-state index contributed by atoms with van der Waals surface area (Å²) < 4.78 is 5.19. The summed E-state index contributed by atoms with van der Waals surface area (Å²) >= 11 is 7.24. The van der Waals surface area contributed by atoms with E-state index in [1.807, 2.05) is 0 Å². The maximum atomic E-state index is 12.4. The van der Waals surface area contributed by atoms with Gasteiger partial charge >= 0.3 is 5.97 Å². The van der Waals surface area contributed by atoms with Crippen LogP contribution in [0.3, 0.4) is 0 Å². The minimum Gasteiger partial charge on any atom is -0.449 e. The van der Waals surface area contributed by atoms with E-state index in [0.29, 0.717) is 9.90 Å². The van der Waals surface area contributed by atoms with Crippen LogP contribution in [0.25, 0.3) is 0 Å². The van der Waals surface area contributed by atoms with E-state index >= 15 is 0 Å². The van der Waals surface area contributed by atoms with Gasteiger partial charge in [0, 0.05) is 19.1 Å². The Labute approximate surface area is 154 Å². The third-order valence-corrected chi connectivity index (χ3v) is 4.37. The average molecular weight is 381 g/mol. The second kappa shape index (κ2) is 8.13. The van der Waals surface area contributed by atoms with E-state index in [1.54, 1.807) is 31.6 Å². The van der Waals surface area contributed by atoms with Crippen LogP contribution in [-0.4, -0.2) is 42.9 Å². The lowest BCUT2D eigenvalue weighted by Gasteiger charge is -2.18. The molecule has 0 saturated carbocycles. The molecule has 0 saturated heterocycles. The zero-order chi connectivity index (χ0) is 18.6. The van der Waals surface area contributed by atoms with E-state index in [-0.39, 0.29) is 23.1 Å². The normalized spacial score (nSPS) is 11.5. The molecule has 132 valence electrons. The molecular weight excluding hydrogens is 364 g/mol. The van der Waals surface area contributed by atoms with E-state index in [0.717, 1.165) is 0 Å². The lowest BCUT2D eigenvalue weighted by molar-refractivity contribution is -0.137. The van der Waals surface area contributed by atoms with Crippen LogP contribution in [0.2, 0.25) is 5.02 Å². The van der Waals surface area contributed by atoms with Crippen molar-refractivity contribution < 1.29 is 19.1 Å². The van der Waals surface area contributed by atoms with Crippen molar-refractivity contribution in [2.24, 2.45) is 0 Å². The lowest BCUT2D eigenvalue weighted by Crippen LogP contribution is -2.35. The summed E-state index contributed by atoms with van der Waals surface area (Å²) in [5.41, 5.74) is 0.341. The quantitative estimate of drug-likeness (QED) is 0.807. The number of halogens is 1. The van der Waals surface area contributed by atoms with Gasteiger partial charge in [-0.05, 0) is 36.6 Å². The molecule has 6 nitrogen and oxygen atoms in total. The van der Waals surface area contributed by atoms with Gasteiger partial charge in [0.1, 0.15) is 0 Å². The van der Waals surface area contributed by atoms with Gasteiger partial charge in [-0.15, -0.1) is 11.3 Å². The van der Waals surface area contributed by atoms with E-state index in [1.165, 1.54) is 41.4 Å². The number of hydrogen-bond donors (Lipinski definition) is 1. The van der Waals surface area contributed by atoms with Crippen molar-refractivity contribution in [3.05, 3.63) is 51.2 Å². The van der Waals surface area contributed by atoms with Crippen LogP contribution in [0.15, 0.2) is 35.7 Å². The molecule has 0 fully saturated rings. The van der Waals surface area contributed by atoms with Gasteiger partial charge in [0.15, 0.2) is 6.10 Å². The van der Waals surface area contributed by atoms with Crippen molar-refractivity contribution in [2.75, 3.05) is 19.4 Å². The number of ether oxygens (including phenoxy) is 1. The first-order valence-electron chi connectivity index (χ1n) is 7.36. The zero-order valence-electron chi connectivity index (χ0n) is 13.9. The molecular formula is C17H17ClN2O4S. The Balaban J connectivity index is 2.21. The first-order chi connectivity index (χ1) is 11.8. The topological polar surface area (TPSA) is 75.7 Å². The van der Waals surface area contributed by atoms with Gasteiger partial charge in [-0.2, -0.15) is 0 Å². The number of esters is 1. The third kappa shape index (κ3) is 4.80. The highest BCUT2D eigenvalue weighted by Gasteiger charge is 2.23. The number of amides is 2. The first-order valence-corrected chi connectivity index (χ1v) is 8.62. The summed E-state index contributed by atoms with van der Waals surface area (Å²) in [6.45, 7) is 1.49. The summed E-state index contributed by atoms with van der Waals surface area (Å²) in [5, 5.41) is 4.78. The molecule has 2 aromatic rings. The minimum absolute atomic E-state index is 0.118. The number of carbonyl (C=O) groups is 3. The van der Waals surface area contributed by atoms with E-state index in [9.17, 15) is 14.4 Å². The minimum atomic E-state index is -0.945. The summed E-state index contributed by atoms with van der Waals surface area (Å²) in [7, 11) is 3.14. The zero-order valence-corrected chi connectivity index (χ0v) is 15.5. The summed E-state index contributed by atoms with van der Waals surface area (Å²) in [4.78, 5) is 38.3. The molecule has 2 amide bonds. The van der Waals surface area contributed by atoms with Crippen LogP contribution in [0, 0.1) is 0 Å². The molecule has 1 aromatic heterocycles. The largest absolute Gasteiger partial charge is 0.449 e. The van der Waals surface area contributed by atoms with Crippen molar-refractivity contribution in [1.29, 1.82) is 0 Å². The molecule has 0 aliphatic rings. The number of anilines is 1. The summed E-state index contributed by atoms with van der Waals surface area (Å²) in [6, 6.07) is 7.84. The monoisotopic (exact) mass is 380 g/mol. The van der Waals surface area contributed by atoms with Crippen LogP contribution < -0.4 is 5.32 Å². The predicted octanol–water partition coefficient (Wildman–Crippen LogP) is 3.29. The van der Waals surface area contributed by atoms with Gasteiger partial charge in [0.2, 0.25) is 0 Å². The highest BCUT2D eigenvalue weighted by atomic mass is 35.5. The average Bonchev–Trinajstić information content (AvgIpc) is 3.08.